The van der Waals surface area contributed by atoms with Crippen molar-refractivity contribution in [2.45, 2.75) is 19.9 Å². The maximum absolute atomic E-state index is 10.3. The fraction of sp³-hybridized carbons (Fsp3) is 0.500. The summed E-state index contributed by atoms with van der Waals surface area (Å²) in [5, 5.41) is 12.3. The summed E-state index contributed by atoms with van der Waals surface area (Å²) in [6.45, 7) is 1.64. The van der Waals surface area contributed by atoms with E-state index < -0.39 is 5.97 Å². The van der Waals surface area contributed by atoms with Crippen molar-refractivity contribution in [3.05, 3.63) is 5.82 Å². The summed E-state index contributed by atoms with van der Waals surface area (Å²) in [5.74, 6) is -0.266. The molecule has 0 saturated carbocycles. The van der Waals surface area contributed by atoms with Gasteiger partial charge in [0.25, 0.3) is 0 Å². The van der Waals surface area contributed by atoms with E-state index in [4.69, 9.17) is 10.8 Å². The van der Waals surface area contributed by atoms with Crippen LogP contribution in [-0.4, -0.2) is 25.8 Å². The third kappa shape index (κ3) is 1.71. The Balaban J connectivity index is 2.84. The monoisotopic (exact) mass is 170 g/mol. The highest BCUT2D eigenvalue weighted by Gasteiger charge is 2.07. The molecule has 0 saturated heterocycles. The van der Waals surface area contributed by atoms with Crippen molar-refractivity contribution >= 4 is 11.9 Å². The van der Waals surface area contributed by atoms with Crippen molar-refractivity contribution in [1.29, 1.82) is 0 Å². The van der Waals surface area contributed by atoms with Crippen LogP contribution in [0.25, 0.3) is 0 Å². The Morgan fingerprint density at radius 2 is 2.42 bits per heavy atom. The zero-order valence-electron chi connectivity index (χ0n) is 6.69. The molecule has 0 aromatic carbocycles. The third-order valence-corrected chi connectivity index (χ3v) is 1.35. The average Bonchev–Trinajstić information content (AvgIpc) is 2.31. The van der Waals surface area contributed by atoms with E-state index in [-0.39, 0.29) is 12.5 Å². The first-order chi connectivity index (χ1) is 5.63. The molecule has 1 aromatic heterocycles. The van der Waals surface area contributed by atoms with E-state index in [0.717, 1.165) is 0 Å². The van der Waals surface area contributed by atoms with E-state index in [2.05, 4.69) is 10.1 Å². The van der Waals surface area contributed by atoms with Gasteiger partial charge in [-0.1, -0.05) is 6.92 Å². The summed E-state index contributed by atoms with van der Waals surface area (Å²) in [6.07, 6.45) is 0.650. The van der Waals surface area contributed by atoms with Crippen LogP contribution in [0.15, 0.2) is 0 Å². The lowest BCUT2D eigenvalue weighted by molar-refractivity contribution is -0.137. The number of rotatable bonds is 3. The van der Waals surface area contributed by atoms with E-state index in [9.17, 15) is 4.79 Å². The molecule has 0 bridgehead atoms. The quantitative estimate of drug-likeness (QED) is 0.638. The number of nitrogen functional groups attached to an aromatic ring is 1. The summed E-state index contributed by atoms with van der Waals surface area (Å²) >= 11 is 0. The van der Waals surface area contributed by atoms with Gasteiger partial charge in [-0.05, 0) is 0 Å². The van der Waals surface area contributed by atoms with E-state index in [1.807, 2.05) is 6.92 Å². The molecule has 0 aliphatic carbocycles. The Kier molecular flexibility index (Phi) is 2.27. The summed E-state index contributed by atoms with van der Waals surface area (Å²) in [5.41, 5.74) is 5.39. The van der Waals surface area contributed by atoms with Crippen LogP contribution in [0.4, 0.5) is 5.95 Å². The SMILES string of the molecule is CCc1nc(N)n(CC(=O)O)n1. The average molecular weight is 170 g/mol. The molecule has 0 spiro atoms. The van der Waals surface area contributed by atoms with Crippen molar-refractivity contribution in [3.8, 4) is 0 Å². The summed E-state index contributed by atoms with van der Waals surface area (Å²) < 4.78 is 1.17. The maximum atomic E-state index is 10.3. The molecule has 0 fully saturated rings. The van der Waals surface area contributed by atoms with Crippen LogP contribution in [0, 0.1) is 0 Å². The number of aliphatic carboxylic acids is 1. The second-order valence-electron chi connectivity index (χ2n) is 2.29. The topological polar surface area (TPSA) is 94.0 Å². The second-order valence-corrected chi connectivity index (χ2v) is 2.29. The van der Waals surface area contributed by atoms with Crippen molar-refractivity contribution in [2.24, 2.45) is 0 Å². The van der Waals surface area contributed by atoms with Gasteiger partial charge >= 0.3 is 5.97 Å². The lowest BCUT2D eigenvalue weighted by atomic mass is 10.5. The predicted octanol–water partition coefficient (Wildman–Crippen LogP) is -0.493. The predicted molar refractivity (Wildman–Crippen MR) is 41.4 cm³/mol. The van der Waals surface area contributed by atoms with Gasteiger partial charge in [-0.3, -0.25) is 4.79 Å². The molecule has 12 heavy (non-hydrogen) atoms. The molecule has 0 aliphatic rings. The minimum atomic E-state index is -0.978. The number of carboxylic acids is 1. The number of carbonyl (C=O) groups is 1. The molecule has 1 rings (SSSR count). The molecule has 6 heteroatoms. The fourth-order valence-electron chi connectivity index (χ4n) is 0.797. The van der Waals surface area contributed by atoms with Gasteiger partial charge in [-0.2, -0.15) is 10.1 Å². The first-order valence-electron chi connectivity index (χ1n) is 3.54. The van der Waals surface area contributed by atoms with E-state index in [0.29, 0.717) is 12.2 Å². The Morgan fingerprint density at radius 3 is 2.83 bits per heavy atom. The molecular weight excluding hydrogens is 160 g/mol. The molecule has 0 amide bonds. The van der Waals surface area contributed by atoms with Crippen LogP contribution in [0.3, 0.4) is 0 Å². The van der Waals surface area contributed by atoms with Crippen LogP contribution >= 0.6 is 0 Å². The van der Waals surface area contributed by atoms with Crippen LogP contribution in [0.5, 0.6) is 0 Å². The van der Waals surface area contributed by atoms with Crippen molar-refractivity contribution < 1.29 is 9.90 Å². The van der Waals surface area contributed by atoms with Gasteiger partial charge < -0.3 is 10.8 Å². The minimum Gasteiger partial charge on any atom is -0.480 e. The summed E-state index contributed by atoms with van der Waals surface area (Å²) in [4.78, 5) is 14.1. The normalized spacial score (nSPS) is 10.1. The first kappa shape index (κ1) is 8.51. The van der Waals surface area contributed by atoms with E-state index in [1.165, 1.54) is 4.68 Å². The number of carboxylic acid groups (broad SMARTS) is 1. The van der Waals surface area contributed by atoms with Crippen LogP contribution in [0.2, 0.25) is 0 Å². The van der Waals surface area contributed by atoms with Gasteiger partial charge in [-0.15, -0.1) is 0 Å². The van der Waals surface area contributed by atoms with Crippen molar-refractivity contribution in [3.63, 3.8) is 0 Å². The maximum Gasteiger partial charge on any atom is 0.325 e. The lowest BCUT2D eigenvalue weighted by Crippen LogP contribution is -2.12. The molecule has 6 nitrogen and oxygen atoms in total. The summed E-state index contributed by atoms with van der Waals surface area (Å²) in [6, 6.07) is 0. The van der Waals surface area contributed by atoms with Crippen molar-refractivity contribution in [2.75, 3.05) is 5.73 Å². The minimum absolute atomic E-state index is 0.147. The number of aromatic nitrogens is 3. The zero-order valence-corrected chi connectivity index (χ0v) is 6.69. The number of anilines is 1. The first-order valence-corrected chi connectivity index (χ1v) is 3.54. The number of aryl methyl sites for hydroxylation is 1. The van der Waals surface area contributed by atoms with Crippen LogP contribution < -0.4 is 5.73 Å². The lowest BCUT2D eigenvalue weighted by Gasteiger charge is -1.95. The molecule has 1 heterocycles. The number of hydrogen-bond donors (Lipinski definition) is 2. The molecular formula is C6H10N4O2. The zero-order chi connectivity index (χ0) is 9.14. The molecule has 0 radical (unpaired) electrons. The number of nitrogens with zero attached hydrogens (tertiary/aromatic N) is 3. The van der Waals surface area contributed by atoms with Crippen LogP contribution in [0.1, 0.15) is 12.7 Å². The molecule has 3 N–H and O–H groups in total. The van der Waals surface area contributed by atoms with Crippen molar-refractivity contribution in [1.82, 2.24) is 14.8 Å². The van der Waals surface area contributed by atoms with Gasteiger partial charge in [0, 0.05) is 6.42 Å². The standard InChI is InChI=1S/C6H10N4O2/c1-2-4-8-6(7)10(9-4)3-5(11)12/h2-3H2,1H3,(H,11,12)(H2,7,8,9). The van der Waals surface area contributed by atoms with Gasteiger partial charge in [0.05, 0.1) is 0 Å². The van der Waals surface area contributed by atoms with Crippen LogP contribution in [-0.2, 0) is 17.8 Å². The fourth-order valence-corrected chi connectivity index (χ4v) is 0.797. The highest BCUT2D eigenvalue weighted by molar-refractivity contribution is 5.66. The highest BCUT2D eigenvalue weighted by atomic mass is 16.4. The van der Waals surface area contributed by atoms with E-state index in [1.54, 1.807) is 0 Å². The second kappa shape index (κ2) is 3.21. The van der Waals surface area contributed by atoms with Gasteiger partial charge in [0.1, 0.15) is 6.54 Å². The molecule has 0 aliphatic heterocycles. The Hall–Kier alpha value is -1.59. The Labute approximate surface area is 69.0 Å². The smallest absolute Gasteiger partial charge is 0.325 e. The van der Waals surface area contributed by atoms with Gasteiger partial charge in [0.2, 0.25) is 5.95 Å². The van der Waals surface area contributed by atoms with E-state index >= 15 is 0 Å². The molecule has 0 unspecified atom stereocenters. The number of nitrogens with two attached hydrogens (primary N) is 1. The molecule has 1 aromatic rings. The molecule has 66 valence electrons. The third-order valence-electron chi connectivity index (χ3n) is 1.35. The summed E-state index contributed by atoms with van der Waals surface area (Å²) in [7, 11) is 0. The molecule has 0 atom stereocenters. The van der Waals surface area contributed by atoms with Gasteiger partial charge in [-0.25, -0.2) is 4.68 Å². The van der Waals surface area contributed by atoms with Gasteiger partial charge in [0.15, 0.2) is 5.82 Å². The Morgan fingerprint density at radius 1 is 1.75 bits per heavy atom. The number of hydrogen-bond acceptors (Lipinski definition) is 4. The Bertz CT molecular complexity index is 294. The largest absolute Gasteiger partial charge is 0.480 e. The highest BCUT2D eigenvalue weighted by Crippen LogP contribution is 1.99.